The van der Waals surface area contributed by atoms with Gasteiger partial charge in [0.1, 0.15) is 0 Å². The first-order valence-electron chi connectivity index (χ1n) is 10.0. The number of amides is 1. The number of carbonyl (C=O) groups excluding carboxylic acids is 1. The summed E-state index contributed by atoms with van der Waals surface area (Å²) in [5, 5.41) is 2.99. The highest BCUT2D eigenvalue weighted by atomic mass is 32.2. The van der Waals surface area contributed by atoms with Gasteiger partial charge in [0.2, 0.25) is 15.9 Å². The number of hydrogen-bond donors (Lipinski definition) is 1. The van der Waals surface area contributed by atoms with E-state index in [1.165, 1.54) is 4.31 Å². The largest absolute Gasteiger partial charge is 0.379 e. The zero-order chi connectivity index (χ0) is 20.1. The highest BCUT2D eigenvalue weighted by Crippen LogP contribution is 2.26. The van der Waals surface area contributed by atoms with Crippen molar-refractivity contribution in [1.29, 1.82) is 0 Å². The van der Waals surface area contributed by atoms with Gasteiger partial charge in [-0.25, -0.2) is 8.42 Å². The third-order valence-corrected chi connectivity index (χ3v) is 7.55. The number of morpholine rings is 1. The Balaban J connectivity index is 1.58. The van der Waals surface area contributed by atoms with Gasteiger partial charge in [-0.1, -0.05) is 12.1 Å². The topological polar surface area (TPSA) is 79.0 Å². The fourth-order valence-corrected chi connectivity index (χ4v) is 5.64. The van der Waals surface area contributed by atoms with Gasteiger partial charge in [-0.2, -0.15) is 4.31 Å². The first kappa shape index (κ1) is 21.2. The maximum Gasteiger partial charge on any atom is 0.243 e. The van der Waals surface area contributed by atoms with Crippen LogP contribution >= 0.6 is 0 Å². The Bertz CT molecular complexity index is 791. The van der Waals surface area contributed by atoms with Crippen molar-refractivity contribution in [2.75, 3.05) is 52.5 Å². The maximum atomic E-state index is 13.1. The van der Waals surface area contributed by atoms with E-state index in [9.17, 15) is 13.2 Å². The van der Waals surface area contributed by atoms with Gasteiger partial charge in [-0.3, -0.25) is 9.69 Å². The van der Waals surface area contributed by atoms with E-state index in [0.717, 1.165) is 50.4 Å². The van der Waals surface area contributed by atoms with Crippen LogP contribution < -0.4 is 5.32 Å². The number of carbonyl (C=O) groups is 1. The number of ether oxygens (including phenoxy) is 1. The molecular weight excluding hydrogens is 378 g/mol. The van der Waals surface area contributed by atoms with Crippen LogP contribution in [0, 0.1) is 19.8 Å². The maximum absolute atomic E-state index is 13.1. The molecule has 2 fully saturated rings. The Morgan fingerprint density at radius 3 is 2.71 bits per heavy atom. The van der Waals surface area contributed by atoms with Crippen molar-refractivity contribution in [3.05, 3.63) is 29.3 Å². The predicted molar refractivity (Wildman–Crippen MR) is 108 cm³/mol. The SMILES string of the molecule is Cc1ccc(C)c(S(=O)(=O)N2CCC[C@H](C(=O)NCCN3CCOCC3)C2)c1. The normalized spacial score (nSPS) is 22.1. The molecule has 28 heavy (non-hydrogen) atoms. The number of aryl methyl sites for hydroxylation is 2. The summed E-state index contributed by atoms with van der Waals surface area (Å²) < 4.78 is 33.1. The van der Waals surface area contributed by atoms with E-state index in [2.05, 4.69) is 10.2 Å². The second-order valence-corrected chi connectivity index (χ2v) is 9.62. The third-order valence-electron chi connectivity index (χ3n) is 5.55. The van der Waals surface area contributed by atoms with Crippen molar-refractivity contribution in [3.63, 3.8) is 0 Å². The van der Waals surface area contributed by atoms with Crippen LogP contribution in [0.4, 0.5) is 0 Å². The van der Waals surface area contributed by atoms with Crippen molar-refractivity contribution < 1.29 is 17.9 Å². The smallest absolute Gasteiger partial charge is 0.243 e. The van der Waals surface area contributed by atoms with Crippen LogP contribution in [0.25, 0.3) is 0 Å². The summed E-state index contributed by atoms with van der Waals surface area (Å²) in [6.45, 7) is 9.05. The Labute approximate surface area is 168 Å². The number of rotatable bonds is 6. The molecule has 2 heterocycles. The molecule has 3 rings (SSSR count). The number of benzene rings is 1. The molecule has 0 spiro atoms. The van der Waals surface area contributed by atoms with E-state index >= 15 is 0 Å². The van der Waals surface area contributed by atoms with E-state index < -0.39 is 10.0 Å². The summed E-state index contributed by atoms with van der Waals surface area (Å²) in [5.74, 6) is -0.340. The molecule has 1 amide bonds. The highest BCUT2D eigenvalue weighted by molar-refractivity contribution is 7.89. The molecule has 1 N–H and O–H groups in total. The third kappa shape index (κ3) is 5.11. The molecule has 8 heteroatoms. The van der Waals surface area contributed by atoms with Gasteiger partial charge in [0.25, 0.3) is 0 Å². The lowest BCUT2D eigenvalue weighted by molar-refractivity contribution is -0.126. The fraction of sp³-hybridized carbons (Fsp3) is 0.650. The highest BCUT2D eigenvalue weighted by Gasteiger charge is 2.34. The van der Waals surface area contributed by atoms with E-state index in [1.807, 2.05) is 26.0 Å². The van der Waals surface area contributed by atoms with Gasteiger partial charge in [0.15, 0.2) is 0 Å². The molecule has 156 valence electrons. The molecule has 7 nitrogen and oxygen atoms in total. The second kappa shape index (κ2) is 9.35. The lowest BCUT2D eigenvalue weighted by Gasteiger charge is -2.32. The lowest BCUT2D eigenvalue weighted by Crippen LogP contribution is -2.47. The van der Waals surface area contributed by atoms with Crippen LogP contribution in [0.1, 0.15) is 24.0 Å². The Kier molecular flexibility index (Phi) is 7.09. The minimum atomic E-state index is -3.59. The van der Waals surface area contributed by atoms with Crippen LogP contribution in [0.5, 0.6) is 0 Å². The van der Waals surface area contributed by atoms with Gasteiger partial charge in [0, 0.05) is 39.3 Å². The Morgan fingerprint density at radius 1 is 1.21 bits per heavy atom. The van der Waals surface area contributed by atoms with Gasteiger partial charge in [0.05, 0.1) is 24.0 Å². The molecule has 0 aliphatic carbocycles. The monoisotopic (exact) mass is 409 g/mol. The Hall–Kier alpha value is -1.48. The minimum absolute atomic E-state index is 0.0471. The summed E-state index contributed by atoms with van der Waals surface area (Å²) >= 11 is 0. The molecule has 0 bridgehead atoms. The molecule has 2 saturated heterocycles. The molecule has 1 aromatic carbocycles. The number of piperidine rings is 1. The summed E-state index contributed by atoms with van der Waals surface area (Å²) in [6.07, 6.45) is 1.42. The van der Waals surface area contributed by atoms with Crippen molar-refractivity contribution in [2.45, 2.75) is 31.6 Å². The molecule has 1 atom stereocenters. The van der Waals surface area contributed by atoms with Gasteiger partial charge in [-0.15, -0.1) is 0 Å². The number of sulfonamides is 1. The van der Waals surface area contributed by atoms with Crippen molar-refractivity contribution >= 4 is 15.9 Å². The molecule has 0 saturated carbocycles. The molecule has 2 aliphatic heterocycles. The second-order valence-electron chi connectivity index (χ2n) is 7.72. The molecule has 2 aliphatic rings. The zero-order valence-corrected chi connectivity index (χ0v) is 17.6. The molecular formula is C20H31N3O4S. The molecule has 1 aromatic rings. The molecule has 0 unspecified atom stereocenters. The van der Waals surface area contributed by atoms with E-state index in [4.69, 9.17) is 4.74 Å². The first-order chi connectivity index (χ1) is 13.4. The van der Waals surface area contributed by atoms with E-state index in [0.29, 0.717) is 24.4 Å². The summed E-state index contributed by atoms with van der Waals surface area (Å²) in [4.78, 5) is 15.2. The quantitative estimate of drug-likeness (QED) is 0.763. The standard InChI is InChI=1S/C20H31N3O4S/c1-16-5-6-17(2)19(14-16)28(25,26)23-8-3-4-18(15-23)20(24)21-7-9-22-10-12-27-13-11-22/h5-6,14,18H,3-4,7-13,15H2,1-2H3,(H,21,24)/t18-/m0/s1. The number of hydrogen-bond acceptors (Lipinski definition) is 5. The predicted octanol–water partition coefficient (Wildman–Crippen LogP) is 1.15. The lowest BCUT2D eigenvalue weighted by atomic mass is 9.99. The van der Waals surface area contributed by atoms with Crippen molar-refractivity contribution in [1.82, 2.24) is 14.5 Å². The summed E-state index contributed by atoms with van der Waals surface area (Å²) in [7, 11) is -3.59. The minimum Gasteiger partial charge on any atom is -0.379 e. The molecule has 0 aromatic heterocycles. The first-order valence-corrected chi connectivity index (χ1v) is 11.5. The van der Waals surface area contributed by atoms with Gasteiger partial charge in [-0.05, 0) is 43.9 Å². The van der Waals surface area contributed by atoms with Crippen LogP contribution in [0.2, 0.25) is 0 Å². The van der Waals surface area contributed by atoms with Crippen molar-refractivity contribution in [3.8, 4) is 0 Å². The fourth-order valence-electron chi connectivity index (χ4n) is 3.81. The van der Waals surface area contributed by atoms with Crippen LogP contribution in [-0.4, -0.2) is 76.0 Å². The zero-order valence-electron chi connectivity index (χ0n) is 16.8. The Morgan fingerprint density at radius 2 is 1.96 bits per heavy atom. The summed E-state index contributed by atoms with van der Waals surface area (Å²) in [5.41, 5.74) is 1.65. The molecule has 0 radical (unpaired) electrons. The van der Waals surface area contributed by atoms with E-state index in [1.54, 1.807) is 6.07 Å². The van der Waals surface area contributed by atoms with E-state index in [-0.39, 0.29) is 18.4 Å². The van der Waals surface area contributed by atoms with Gasteiger partial charge < -0.3 is 10.1 Å². The number of nitrogens with zero attached hydrogens (tertiary/aromatic N) is 2. The average molecular weight is 410 g/mol. The van der Waals surface area contributed by atoms with Gasteiger partial charge >= 0.3 is 0 Å². The average Bonchev–Trinajstić information content (AvgIpc) is 2.70. The van der Waals surface area contributed by atoms with Crippen molar-refractivity contribution in [2.24, 2.45) is 5.92 Å². The van der Waals surface area contributed by atoms with Crippen LogP contribution in [0.15, 0.2) is 23.1 Å². The number of nitrogens with one attached hydrogen (secondary N) is 1. The summed E-state index contributed by atoms with van der Waals surface area (Å²) in [6, 6.07) is 5.47. The van der Waals surface area contributed by atoms with Crippen LogP contribution in [0.3, 0.4) is 0 Å². The van der Waals surface area contributed by atoms with Crippen LogP contribution in [-0.2, 0) is 19.6 Å².